The van der Waals surface area contributed by atoms with Crippen molar-refractivity contribution in [2.45, 2.75) is 26.3 Å². The maximum Gasteiger partial charge on any atom is 0.131 e. The van der Waals surface area contributed by atoms with Gasteiger partial charge in [-0.15, -0.1) is 11.3 Å². The Hall–Kier alpha value is -1.13. The first-order chi connectivity index (χ1) is 8.19. The van der Waals surface area contributed by atoms with Crippen LogP contribution < -0.4 is 5.32 Å². The summed E-state index contributed by atoms with van der Waals surface area (Å²) in [6.45, 7) is 4.20. The van der Waals surface area contributed by atoms with Gasteiger partial charge in [0.1, 0.15) is 16.0 Å². The first kappa shape index (κ1) is 12.3. The van der Waals surface area contributed by atoms with Gasteiger partial charge in [0.05, 0.1) is 6.04 Å². The van der Waals surface area contributed by atoms with Crippen LogP contribution in [0.25, 0.3) is 0 Å². The van der Waals surface area contributed by atoms with Gasteiger partial charge in [0, 0.05) is 11.1 Å². The largest absolute Gasteiger partial charge is 0.361 e. The van der Waals surface area contributed by atoms with Gasteiger partial charge in [0.15, 0.2) is 0 Å². The highest BCUT2D eigenvalue weighted by Gasteiger charge is 2.10. The third-order valence-corrected chi connectivity index (χ3v) is 3.90. The van der Waals surface area contributed by atoms with E-state index in [4.69, 9.17) is 11.6 Å². The summed E-state index contributed by atoms with van der Waals surface area (Å²) in [6, 6.07) is 5.68. The molecule has 2 heterocycles. The minimum Gasteiger partial charge on any atom is -0.361 e. The van der Waals surface area contributed by atoms with E-state index < -0.39 is 0 Å². The first-order valence-corrected chi connectivity index (χ1v) is 6.72. The lowest BCUT2D eigenvalue weighted by Crippen LogP contribution is -2.07. The summed E-state index contributed by atoms with van der Waals surface area (Å²) < 4.78 is 0. The average molecular weight is 268 g/mol. The predicted octanol–water partition coefficient (Wildman–Crippen LogP) is 3.93. The smallest absolute Gasteiger partial charge is 0.131 e. The Kier molecular flexibility index (Phi) is 3.97. The van der Waals surface area contributed by atoms with Gasteiger partial charge < -0.3 is 5.32 Å². The molecule has 0 aliphatic heterocycles. The third kappa shape index (κ3) is 3.17. The summed E-state index contributed by atoms with van der Waals surface area (Å²) in [5, 5.41) is 4.86. The molecule has 0 aliphatic rings. The molecule has 0 fully saturated rings. The van der Waals surface area contributed by atoms with Crippen LogP contribution in [0.3, 0.4) is 0 Å². The van der Waals surface area contributed by atoms with Crippen LogP contribution in [-0.2, 0) is 6.42 Å². The van der Waals surface area contributed by atoms with Gasteiger partial charge in [0.2, 0.25) is 0 Å². The maximum absolute atomic E-state index is 5.84. The van der Waals surface area contributed by atoms with Crippen molar-refractivity contribution in [2.24, 2.45) is 0 Å². The fourth-order valence-electron chi connectivity index (χ4n) is 1.46. The molecule has 2 aromatic rings. The predicted molar refractivity (Wildman–Crippen MR) is 72.8 cm³/mol. The van der Waals surface area contributed by atoms with Crippen LogP contribution >= 0.6 is 22.9 Å². The number of thiazole rings is 1. The number of nitrogens with zero attached hydrogens (tertiary/aromatic N) is 2. The molecule has 5 heteroatoms. The van der Waals surface area contributed by atoms with Gasteiger partial charge in [0.25, 0.3) is 0 Å². The zero-order chi connectivity index (χ0) is 12.3. The molecule has 0 radical (unpaired) electrons. The van der Waals surface area contributed by atoms with Crippen molar-refractivity contribution >= 4 is 28.8 Å². The maximum atomic E-state index is 5.84. The Labute approximate surface area is 110 Å². The molecule has 0 saturated heterocycles. The quantitative estimate of drug-likeness (QED) is 0.853. The number of aryl methyl sites for hydroxylation is 1. The fraction of sp³-hybridized carbons (Fsp3) is 0.333. The molecule has 0 aromatic carbocycles. The molecule has 90 valence electrons. The number of nitrogens with one attached hydrogen (secondary N) is 1. The molecule has 0 bridgehead atoms. The molecule has 2 aromatic heterocycles. The van der Waals surface area contributed by atoms with Crippen LogP contribution in [0, 0.1) is 0 Å². The minimum atomic E-state index is 0.145. The zero-order valence-corrected chi connectivity index (χ0v) is 11.3. The monoisotopic (exact) mass is 267 g/mol. The summed E-state index contributed by atoms with van der Waals surface area (Å²) in [4.78, 5) is 9.90. The van der Waals surface area contributed by atoms with Crippen molar-refractivity contribution in [1.29, 1.82) is 0 Å². The summed E-state index contributed by atoms with van der Waals surface area (Å²) in [7, 11) is 0. The van der Waals surface area contributed by atoms with Crippen molar-refractivity contribution in [2.75, 3.05) is 5.32 Å². The Morgan fingerprint density at radius 3 is 2.94 bits per heavy atom. The van der Waals surface area contributed by atoms with Crippen molar-refractivity contribution in [3.8, 4) is 0 Å². The second kappa shape index (κ2) is 5.47. The molecule has 17 heavy (non-hydrogen) atoms. The van der Waals surface area contributed by atoms with Crippen molar-refractivity contribution < 1.29 is 0 Å². The van der Waals surface area contributed by atoms with E-state index in [0.717, 1.165) is 17.2 Å². The lowest BCUT2D eigenvalue weighted by molar-refractivity contribution is 0.860. The van der Waals surface area contributed by atoms with E-state index >= 15 is 0 Å². The van der Waals surface area contributed by atoms with Crippen LogP contribution in [-0.4, -0.2) is 9.97 Å². The van der Waals surface area contributed by atoms with Crippen molar-refractivity contribution in [3.63, 3.8) is 0 Å². The third-order valence-electron chi connectivity index (χ3n) is 2.37. The minimum absolute atomic E-state index is 0.145. The van der Waals surface area contributed by atoms with Crippen molar-refractivity contribution in [1.82, 2.24) is 9.97 Å². The molecule has 0 saturated carbocycles. The molecule has 0 aliphatic carbocycles. The van der Waals surface area contributed by atoms with E-state index in [2.05, 4.69) is 29.1 Å². The lowest BCUT2D eigenvalue weighted by atomic mass is 10.3. The van der Waals surface area contributed by atoms with Crippen LogP contribution in [0.15, 0.2) is 24.4 Å². The highest BCUT2D eigenvalue weighted by atomic mass is 35.5. The molecule has 3 nitrogen and oxygen atoms in total. The highest BCUT2D eigenvalue weighted by molar-refractivity contribution is 7.11. The number of hydrogen-bond donors (Lipinski definition) is 1. The molecule has 0 spiro atoms. The number of aromatic nitrogens is 2. The zero-order valence-electron chi connectivity index (χ0n) is 9.77. The van der Waals surface area contributed by atoms with E-state index in [9.17, 15) is 0 Å². The summed E-state index contributed by atoms with van der Waals surface area (Å²) in [6.07, 6.45) is 2.96. The summed E-state index contributed by atoms with van der Waals surface area (Å²) in [5.41, 5.74) is 0. The normalized spacial score (nSPS) is 12.4. The van der Waals surface area contributed by atoms with E-state index in [1.807, 2.05) is 18.3 Å². The Bertz CT molecular complexity index is 498. The lowest BCUT2D eigenvalue weighted by Gasteiger charge is -2.11. The van der Waals surface area contributed by atoms with Gasteiger partial charge in [-0.3, -0.25) is 0 Å². The standard InChI is InChI=1S/C12H14ClN3S/c1-3-9-7-14-12(17-9)8(2)15-11-6-4-5-10(13)16-11/h4-8H,3H2,1-2H3,(H,15,16). The molecule has 1 atom stereocenters. The van der Waals surface area contributed by atoms with Gasteiger partial charge in [-0.25, -0.2) is 9.97 Å². The second-order valence-electron chi connectivity index (χ2n) is 3.73. The number of halogens is 1. The number of anilines is 1. The SMILES string of the molecule is CCc1cnc(C(C)Nc2cccc(Cl)n2)s1. The topological polar surface area (TPSA) is 37.8 Å². The molecule has 1 unspecified atom stereocenters. The molecule has 2 rings (SSSR count). The Morgan fingerprint density at radius 2 is 2.29 bits per heavy atom. The number of hydrogen-bond acceptors (Lipinski definition) is 4. The van der Waals surface area contributed by atoms with Gasteiger partial charge in [-0.1, -0.05) is 24.6 Å². The van der Waals surface area contributed by atoms with Crippen LogP contribution in [0.1, 0.15) is 29.8 Å². The van der Waals surface area contributed by atoms with Crippen LogP contribution in [0.2, 0.25) is 5.15 Å². The molecule has 0 amide bonds. The number of pyridine rings is 1. The Balaban J connectivity index is 2.08. The average Bonchev–Trinajstić information content (AvgIpc) is 2.77. The van der Waals surface area contributed by atoms with E-state index in [0.29, 0.717) is 5.15 Å². The molecular formula is C12H14ClN3S. The van der Waals surface area contributed by atoms with Crippen LogP contribution in [0.5, 0.6) is 0 Å². The number of rotatable bonds is 4. The summed E-state index contributed by atoms with van der Waals surface area (Å²) in [5.74, 6) is 0.776. The van der Waals surface area contributed by atoms with Crippen molar-refractivity contribution in [3.05, 3.63) is 39.4 Å². The fourth-order valence-corrected chi connectivity index (χ4v) is 2.48. The molecular weight excluding hydrogens is 254 g/mol. The first-order valence-electron chi connectivity index (χ1n) is 5.52. The van der Waals surface area contributed by atoms with E-state index in [1.165, 1.54) is 4.88 Å². The summed E-state index contributed by atoms with van der Waals surface area (Å²) >= 11 is 7.57. The van der Waals surface area contributed by atoms with Gasteiger partial charge >= 0.3 is 0 Å². The van der Waals surface area contributed by atoms with Gasteiger partial charge in [-0.2, -0.15) is 0 Å². The second-order valence-corrected chi connectivity index (χ2v) is 5.26. The van der Waals surface area contributed by atoms with E-state index in [-0.39, 0.29) is 6.04 Å². The van der Waals surface area contributed by atoms with Crippen LogP contribution in [0.4, 0.5) is 5.82 Å². The molecule has 1 N–H and O–H groups in total. The highest BCUT2D eigenvalue weighted by Crippen LogP contribution is 2.23. The van der Waals surface area contributed by atoms with Gasteiger partial charge in [-0.05, 0) is 25.5 Å². The van der Waals surface area contributed by atoms with E-state index in [1.54, 1.807) is 17.4 Å². The Morgan fingerprint density at radius 1 is 1.47 bits per heavy atom.